The molecule has 0 aliphatic carbocycles. The maximum absolute atomic E-state index is 12.9. The highest BCUT2D eigenvalue weighted by atomic mass is 32.2. The van der Waals surface area contributed by atoms with Gasteiger partial charge < -0.3 is 10.0 Å². The molecule has 0 aliphatic rings. The van der Waals surface area contributed by atoms with Crippen LogP contribution in [0.25, 0.3) is 0 Å². The highest BCUT2D eigenvalue weighted by molar-refractivity contribution is 7.99. The van der Waals surface area contributed by atoms with E-state index < -0.39 is 0 Å². The number of thioether (sulfide) groups is 1. The molecular formula is C11H16FNOS. The molecule has 0 saturated heterocycles. The van der Waals surface area contributed by atoms with Gasteiger partial charge in [-0.25, -0.2) is 4.39 Å². The summed E-state index contributed by atoms with van der Waals surface area (Å²) in [6.07, 6.45) is 0. The van der Waals surface area contributed by atoms with E-state index in [0.29, 0.717) is 5.56 Å². The number of nitrogens with zero attached hydrogens (tertiary/aromatic N) is 1. The molecule has 0 spiro atoms. The number of aliphatic hydroxyl groups is 1. The Balaban J connectivity index is 2.60. The molecule has 1 N–H and O–H groups in total. The quantitative estimate of drug-likeness (QED) is 0.781. The second-order valence-corrected chi connectivity index (χ2v) is 4.70. The van der Waals surface area contributed by atoms with E-state index in [0.717, 1.165) is 17.2 Å². The zero-order valence-corrected chi connectivity index (χ0v) is 9.85. The normalized spacial score (nSPS) is 11.0. The third-order valence-electron chi connectivity index (χ3n) is 1.99. The van der Waals surface area contributed by atoms with E-state index in [1.54, 1.807) is 17.8 Å². The van der Waals surface area contributed by atoms with Gasteiger partial charge in [0.1, 0.15) is 5.82 Å². The minimum Gasteiger partial charge on any atom is -0.392 e. The van der Waals surface area contributed by atoms with Crippen molar-refractivity contribution in [3.05, 3.63) is 29.6 Å². The van der Waals surface area contributed by atoms with Crippen LogP contribution in [0.5, 0.6) is 0 Å². The summed E-state index contributed by atoms with van der Waals surface area (Å²) in [7, 11) is 4.02. The van der Waals surface area contributed by atoms with Crippen LogP contribution in [0.3, 0.4) is 0 Å². The Morgan fingerprint density at radius 1 is 1.40 bits per heavy atom. The molecular weight excluding hydrogens is 213 g/mol. The standard InChI is InChI=1S/C11H16FNOS/c1-13(2)5-6-15-11-4-3-10(12)7-9(11)8-14/h3-4,7,14H,5-6,8H2,1-2H3. The molecule has 0 heterocycles. The van der Waals surface area contributed by atoms with Crippen molar-refractivity contribution < 1.29 is 9.50 Å². The predicted molar refractivity (Wildman–Crippen MR) is 61.6 cm³/mol. The first-order valence-corrected chi connectivity index (χ1v) is 5.79. The molecule has 0 aromatic heterocycles. The van der Waals surface area contributed by atoms with Crippen molar-refractivity contribution in [2.45, 2.75) is 11.5 Å². The summed E-state index contributed by atoms with van der Waals surface area (Å²) in [6, 6.07) is 4.54. The summed E-state index contributed by atoms with van der Waals surface area (Å²) in [4.78, 5) is 3.05. The van der Waals surface area contributed by atoms with Gasteiger partial charge in [0.15, 0.2) is 0 Å². The van der Waals surface area contributed by atoms with Crippen LogP contribution in [0.1, 0.15) is 5.56 Å². The zero-order chi connectivity index (χ0) is 11.3. The number of hydrogen-bond donors (Lipinski definition) is 1. The van der Waals surface area contributed by atoms with Gasteiger partial charge >= 0.3 is 0 Å². The minimum absolute atomic E-state index is 0.109. The van der Waals surface area contributed by atoms with E-state index in [4.69, 9.17) is 5.11 Å². The number of rotatable bonds is 5. The lowest BCUT2D eigenvalue weighted by molar-refractivity contribution is 0.278. The maximum atomic E-state index is 12.9. The van der Waals surface area contributed by atoms with Crippen LogP contribution in [0, 0.1) is 5.82 Å². The Hall–Kier alpha value is -0.580. The third-order valence-corrected chi connectivity index (χ3v) is 3.08. The van der Waals surface area contributed by atoms with Gasteiger partial charge in [-0.15, -0.1) is 11.8 Å². The van der Waals surface area contributed by atoms with Crippen LogP contribution in [0.4, 0.5) is 4.39 Å². The molecule has 2 nitrogen and oxygen atoms in total. The summed E-state index contributed by atoms with van der Waals surface area (Å²) in [5.74, 6) is 0.641. The molecule has 0 radical (unpaired) electrons. The van der Waals surface area contributed by atoms with Gasteiger partial charge in [-0.1, -0.05) is 0 Å². The second-order valence-electron chi connectivity index (χ2n) is 3.56. The lowest BCUT2D eigenvalue weighted by Gasteiger charge is -2.10. The van der Waals surface area contributed by atoms with Gasteiger partial charge in [-0.3, -0.25) is 0 Å². The third kappa shape index (κ3) is 4.20. The molecule has 1 aromatic carbocycles. The van der Waals surface area contributed by atoms with Crippen molar-refractivity contribution in [3.8, 4) is 0 Å². The zero-order valence-electron chi connectivity index (χ0n) is 9.03. The highest BCUT2D eigenvalue weighted by Gasteiger charge is 2.03. The topological polar surface area (TPSA) is 23.5 Å². The summed E-state index contributed by atoms with van der Waals surface area (Å²) >= 11 is 1.64. The smallest absolute Gasteiger partial charge is 0.123 e. The largest absolute Gasteiger partial charge is 0.392 e. The Morgan fingerprint density at radius 2 is 2.13 bits per heavy atom. The second kappa shape index (κ2) is 6.10. The summed E-state index contributed by atoms with van der Waals surface area (Å²) in [5.41, 5.74) is 0.666. The van der Waals surface area contributed by atoms with Gasteiger partial charge in [0.25, 0.3) is 0 Å². The van der Waals surface area contributed by atoms with E-state index >= 15 is 0 Å². The Bertz CT molecular complexity index is 317. The average Bonchev–Trinajstić information content (AvgIpc) is 2.19. The number of benzene rings is 1. The highest BCUT2D eigenvalue weighted by Crippen LogP contribution is 2.23. The molecule has 0 aliphatic heterocycles. The summed E-state index contributed by atoms with van der Waals surface area (Å²) < 4.78 is 12.9. The fourth-order valence-corrected chi connectivity index (χ4v) is 2.30. The number of hydrogen-bond acceptors (Lipinski definition) is 3. The Morgan fingerprint density at radius 3 is 2.73 bits per heavy atom. The minimum atomic E-state index is -0.295. The fraction of sp³-hybridized carbons (Fsp3) is 0.455. The van der Waals surface area contributed by atoms with Crippen LogP contribution in [-0.2, 0) is 6.61 Å². The van der Waals surface area contributed by atoms with Gasteiger partial charge in [0, 0.05) is 17.2 Å². The van der Waals surface area contributed by atoms with Crippen LogP contribution in [0.2, 0.25) is 0 Å². The van der Waals surface area contributed by atoms with E-state index in [1.807, 2.05) is 14.1 Å². The van der Waals surface area contributed by atoms with Gasteiger partial charge in [-0.2, -0.15) is 0 Å². The molecule has 15 heavy (non-hydrogen) atoms. The van der Waals surface area contributed by atoms with Gasteiger partial charge in [0.2, 0.25) is 0 Å². The van der Waals surface area contributed by atoms with Crippen molar-refractivity contribution in [2.24, 2.45) is 0 Å². The molecule has 0 unspecified atom stereocenters. The van der Waals surface area contributed by atoms with Crippen molar-refractivity contribution in [3.63, 3.8) is 0 Å². The maximum Gasteiger partial charge on any atom is 0.123 e. The molecule has 84 valence electrons. The molecule has 0 fully saturated rings. The molecule has 1 rings (SSSR count). The van der Waals surface area contributed by atoms with Gasteiger partial charge in [0.05, 0.1) is 6.61 Å². The van der Waals surface area contributed by atoms with Crippen LogP contribution >= 0.6 is 11.8 Å². The van der Waals surface area contributed by atoms with Crippen molar-refractivity contribution in [1.82, 2.24) is 4.90 Å². The summed E-state index contributed by atoms with van der Waals surface area (Å²) in [6.45, 7) is 0.856. The molecule has 0 amide bonds. The van der Waals surface area contributed by atoms with Crippen LogP contribution < -0.4 is 0 Å². The number of halogens is 1. The average molecular weight is 229 g/mol. The summed E-state index contributed by atoms with van der Waals surface area (Å²) in [5, 5.41) is 9.06. The first kappa shape index (κ1) is 12.5. The SMILES string of the molecule is CN(C)CCSc1ccc(F)cc1CO. The molecule has 4 heteroatoms. The van der Waals surface area contributed by atoms with Crippen molar-refractivity contribution in [2.75, 3.05) is 26.4 Å². The van der Waals surface area contributed by atoms with Crippen molar-refractivity contribution >= 4 is 11.8 Å². The number of aliphatic hydroxyl groups excluding tert-OH is 1. The molecule has 0 saturated carbocycles. The van der Waals surface area contributed by atoms with E-state index in [9.17, 15) is 4.39 Å². The first-order valence-electron chi connectivity index (χ1n) is 4.80. The monoisotopic (exact) mass is 229 g/mol. The van der Waals surface area contributed by atoms with E-state index in [2.05, 4.69) is 4.90 Å². The van der Waals surface area contributed by atoms with E-state index in [1.165, 1.54) is 12.1 Å². The Labute approximate surface area is 94.1 Å². The molecule has 1 aromatic rings. The van der Waals surface area contributed by atoms with Crippen molar-refractivity contribution in [1.29, 1.82) is 0 Å². The predicted octanol–water partition coefficient (Wildman–Crippen LogP) is 1.97. The van der Waals surface area contributed by atoms with E-state index in [-0.39, 0.29) is 12.4 Å². The fourth-order valence-electron chi connectivity index (χ4n) is 1.15. The lowest BCUT2D eigenvalue weighted by Crippen LogP contribution is -2.14. The Kier molecular flexibility index (Phi) is 5.08. The molecule has 0 atom stereocenters. The lowest BCUT2D eigenvalue weighted by atomic mass is 10.2. The van der Waals surface area contributed by atoms with Crippen LogP contribution in [-0.4, -0.2) is 36.4 Å². The molecule has 0 bridgehead atoms. The first-order chi connectivity index (χ1) is 7.13. The van der Waals surface area contributed by atoms with Crippen LogP contribution in [0.15, 0.2) is 23.1 Å². The van der Waals surface area contributed by atoms with Gasteiger partial charge in [-0.05, 0) is 37.9 Å².